The number of carboxylic acids is 1. The van der Waals surface area contributed by atoms with Gasteiger partial charge in [0.2, 0.25) is 11.9 Å². The van der Waals surface area contributed by atoms with Crippen molar-refractivity contribution in [3.05, 3.63) is 18.5 Å². The normalized spacial score (nSPS) is 28.5. The molecule has 2 atom stereocenters. The van der Waals surface area contributed by atoms with Gasteiger partial charge in [-0.25, -0.2) is 14.8 Å². The molecule has 12 heteroatoms. The van der Waals surface area contributed by atoms with Gasteiger partial charge in [-0.05, 0) is 18.9 Å². The predicted octanol–water partition coefficient (Wildman–Crippen LogP) is 0.544. The van der Waals surface area contributed by atoms with Gasteiger partial charge in [-0.2, -0.15) is 13.2 Å². The highest BCUT2D eigenvalue weighted by molar-refractivity contribution is 5.80. The number of fused-ring (bicyclic) bond motifs is 1. The third kappa shape index (κ3) is 5.36. The Morgan fingerprint density at radius 1 is 1.13 bits per heavy atom. The van der Waals surface area contributed by atoms with Crippen molar-refractivity contribution in [3.63, 3.8) is 0 Å². The highest BCUT2D eigenvalue weighted by Crippen LogP contribution is 2.32. The Morgan fingerprint density at radius 2 is 1.77 bits per heavy atom. The second-order valence-electron chi connectivity index (χ2n) is 7.53. The number of rotatable bonds is 2. The number of hydrogen-bond acceptors (Lipinski definition) is 7. The van der Waals surface area contributed by atoms with E-state index in [-0.39, 0.29) is 30.0 Å². The van der Waals surface area contributed by atoms with Gasteiger partial charge in [0.05, 0.1) is 18.8 Å². The molecule has 2 aliphatic heterocycles. The fraction of sp³-hybridized carbons (Fsp3) is 0.667. The predicted molar refractivity (Wildman–Crippen MR) is 96.5 cm³/mol. The number of alkyl halides is 3. The summed E-state index contributed by atoms with van der Waals surface area (Å²) in [5.41, 5.74) is 0. The second-order valence-corrected chi connectivity index (χ2v) is 7.53. The quantitative estimate of drug-likeness (QED) is 0.696. The van der Waals surface area contributed by atoms with Crippen molar-refractivity contribution in [3.8, 4) is 0 Å². The summed E-state index contributed by atoms with van der Waals surface area (Å²) in [7, 11) is 0. The maximum absolute atomic E-state index is 12.5. The summed E-state index contributed by atoms with van der Waals surface area (Å²) in [6, 6.07) is 1.81. The van der Waals surface area contributed by atoms with E-state index in [2.05, 4.69) is 14.9 Å². The van der Waals surface area contributed by atoms with Gasteiger partial charge in [0.1, 0.15) is 0 Å². The highest BCUT2D eigenvalue weighted by Gasteiger charge is 2.43. The number of nitrogens with zero attached hydrogens (tertiary/aromatic N) is 4. The highest BCUT2D eigenvalue weighted by atomic mass is 19.4. The summed E-state index contributed by atoms with van der Waals surface area (Å²) in [6.07, 6.45) is -0.572. The zero-order valence-corrected chi connectivity index (χ0v) is 16.0. The van der Waals surface area contributed by atoms with Gasteiger partial charge in [0.25, 0.3) is 0 Å². The van der Waals surface area contributed by atoms with Crippen LogP contribution in [0.3, 0.4) is 0 Å². The lowest BCUT2D eigenvalue weighted by atomic mass is 9.81. The molecule has 2 saturated heterocycles. The molecule has 3 aliphatic rings. The summed E-state index contributed by atoms with van der Waals surface area (Å²) in [5, 5.41) is 16.5. The van der Waals surface area contributed by atoms with E-state index in [9.17, 15) is 23.1 Å². The van der Waals surface area contributed by atoms with E-state index in [1.165, 1.54) is 0 Å². The van der Waals surface area contributed by atoms with Gasteiger partial charge in [0.15, 0.2) is 0 Å². The third-order valence-corrected chi connectivity index (χ3v) is 5.38. The Morgan fingerprint density at radius 3 is 2.33 bits per heavy atom. The second kappa shape index (κ2) is 9.13. The number of amides is 1. The van der Waals surface area contributed by atoms with Crippen LogP contribution in [0.2, 0.25) is 0 Å². The van der Waals surface area contributed by atoms with Crippen molar-refractivity contribution in [2.75, 3.05) is 37.7 Å². The van der Waals surface area contributed by atoms with E-state index >= 15 is 0 Å². The topological polar surface area (TPSA) is 116 Å². The van der Waals surface area contributed by atoms with Crippen molar-refractivity contribution >= 4 is 17.8 Å². The number of aliphatic hydroxyl groups excluding tert-OH is 1. The average Bonchev–Trinajstić information content (AvgIpc) is 2.97. The molecule has 1 aliphatic carbocycles. The fourth-order valence-corrected chi connectivity index (χ4v) is 3.76. The minimum absolute atomic E-state index is 0.000834. The summed E-state index contributed by atoms with van der Waals surface area (Å²) in [5.74, 6) is -1.57. The molecule has 1 amide bonds. The van der Waals surface area contributed by atoms with Gasteiger partial charge in [-0.3, -0.25) is 4.79 Å². The molecule has 4 rings (SSSR count). The first-order valence-corrected chi connectivity index (χ1v) is 9.55. The lowest BCUT2D eigenvalue weighted by Crippen LogP contribution is -2.43. The first kappa shape index (κ1) is 22.2. The molecule has 3 fully saturated rings. The monoisotopic (exact) mass is 432 g/mol. The number of anilines is 1. The Kier molecular flexibility index (Phi) is 6.76. The van der Waals surface area contributed by atoms with Crippen LogP contribution in [0, 0.1) is 11.8 Å². The number of carbonyl (C=O) groups is 2. The van der Waals surface area contributed by atoms with Crippen molar-refractivity contribution in [1.29, 1.82) is 0 Å². The third-order valence-electron chi connectivity index (χ3n) is 5.38. The van der Waals surface area contributed by atoms with Crippen LogP contribution in [0.25, 0.3) is 0 Å². The van der Waals surface area contributed by atoms with E-state index in [1.54, 1.807) is 12.4 Å². The average molecular weight is 432 g/mol. The molecule has 1 aromatic heterocycles. The Labute approximate surface area is 170 Å². The molecule has 0 unspecified atom stereocenters. The van der Waals surface area contributed by atoms with E-state index < -0.39 is 12.1 Å². The van der Waals surface area contributed by atoms with Gasteiger partial charge < -0.3 is 24.7 Å². The van der Waals surface area contributed by atoms with Gasteiger partial charge in [0, 0.05) is 50.4 Å². The van der Waals surface area contributed by atoms with Crippen LogP contribution < -0.4 is 4.90 Å². The van der Waals surface area contributed by atoms with Crippen LogP contribution in [-0.4, -0.2) is 88.1 Å². The van der Waals surface area contributed by atoms with Gasteiger partial charge in [-0.1, -0.05) is 0 Å². The first-order valence-electron chi connectivity index (χ1n) is 9.55. The molecule has 0 spiro atoms. The Balaban J connectivity index is 0.000000318. The summed E-state index contributed by atoms with van der Waals surface area (Å²) < 4.78 is 37.7. The largest absolute Gasteiger partial charge is 0.490 e. The van der Waals surface area contributed by atoms with Crippen molar-refractivity contribution in [2.24, 2.45) is 11.8 Å². The number of aliphatic hydroxyl groups is 1. The Bertz CT molecular complexity index is 745. The number of carbonyl (C=O) groups excluding carboxylic acids is 1. The zero-order chi connectivity index (χ0) is 21.9. The van der Waals surface area contributed by atoms with Crippen molar-refractivity contribution in [2.45, 2.75) is 31.2 Å². The van der Waals surface area contributed by atoms with Crippen LogP contribution in [0.1, 0.15) is 12.8 Å². The molecule has 3 heterocycles. The summed E-state index contributed by atoms with van der Waals surface area (Å²) >= 11 is 0. The number of aliphatic carboxylic acids is 1. The number of hydrogen-bond donors (Lipinski definition) is 2. The molecule has 1 aromatic rings. The molecular weight excluding hydrogens is 409 g/mol. The van der Waals surface area contributed by atoms with E-state index in [4.69, 9.17) is 14.6 Å². The molecule has 2 N–H and O–H groups in total. The van der Waals surface area contributed by atoms with Gasteiger partial charge >= 0.3 is 12.1 Å². The van der Waals surface area contributed by atoms with Gasteiger partial charge in [-0.15, -0.1) is 0 Å². The molecule has 0 radical (unpaired) electrons. The zero-order valence-electron chi connectivity index (χ0n) is 16.0. The minimum atomic E-state index is -5.08. The SMILES string of the molecule is O=C(C1CC(O)C1)N1C[C@@H]2CN(c3ncccn3)CCO[C@@H]2C1.O=C(O)C(F)(F)F. The fourth-order valence-electron chi connectivity index (χ4n) is 3.76. The number of ether oxygens (including phenoxy) is 1. The molecule has 1 saturated carbocycles. The summed E-state index contributed by atoms with van der Waals surface area (Å²) in [4.78, 5) is 34.1. The lowest BCUT2D eigenvalue weighted by Gasteiger charge is -2.33. The minimum Gasteiger partial charge on any atom is -0.475 e. The van der Waals surface area contributed by atoms with E-state index in [0.29, 0.717) is 26.0 Å². The van der Waals surface area contributed by atoms with Crippen molar-refractivity contribution in [1.82, 2.24) is 14.9 Å². The van der Waals surface area contributed by atoms with Crippen LogP contribution >= 0.6 is 0 Å². The molecule has 30 heavy (non-hydrogen) atoms. The maximum Gasteiger partial charge on any atom is 0.490 e. The molecule has 0 bridgehead atoms. The standard InChI is InChI=1S/C16H22N4O3.C2HF3O2/c21-13-6-11(7-13)15(22)20-9-12-8-19(4-5-23-14(12)10-20)16-17-2-1-3-18-16;3-2(4,5)1(6)7/h1-3,11-14,21H,4-10H2;(H,6,7)/t11?,12-,13?,14+;/m0./s1. The van der Waals surface area contributed by atoms with Crippen LogP contribution in [0.4, 0.5) is 19.1 Å². The molecule has 166 valence electrons. The van der Waals surface area contributed by atoms with Crippen LogP contribution in [-0.2, 0) is 14.3 Å². The van der Waals surface area contributed by atoms with Crippen LogP contribution in [0.5, 0.6) is 0 Å². The lowest BCUT2D eigenvalue weighted by molar-refractivity contribution is -0.192. The molecule has 9 nitrogen and oxygen atoms in total. The number of aromatic nitrogens is 2. The van der Waals surface area contributed by atoms with Crippen molar-refractivity contribution < 1.29 is 37.7 Å². The van der Waals surface area contributed by atoms with E-state index in [1.807, 2.05) is 11.0 Å². The number of halogens is 3. The maximum atomic E-state index is 12.5. The van der Waals surface area contributed by atoms with Crippen LogP contribution in [0.15, 0.2) is 18.5 Å². The number of carboxylic acid groups (broad SMARTS) is 1. The smallest absolute Gasteiger partial charge is 0.475 e. The van der Waals surface area contributed by atoms with E-state index in [0.717, 1.165) is 25.6 Å². The summed E-state index contributed by atoms with van der Waals surface area (Å²) in [6.45, 7) is 3.61. The first-order chi connectivity index (χ1) is 14.1. The molecular formula is C18H23F3N4O5. The Hall–Kier alpha value is -2.47. The molecule has 0 aromatic carbocycles. The number of likely N-dealkylation sites (tertiary alicyclic amines) is 1.